The van der Waals surface area contributed by atoms with Crippen LogP contribution in [0.15, 0.2) is 6.07 Å². The van der Waals surface area contributed by atoms with Crippen molar-refractivity contribution in [2.24, 2.45) is 0 Å². The average Bonchev–Trinajstić information content (AvgIpc) is 2.45. The molecular formula is C14H24N4O2. The standard InChI is InChI=1S/C14H24N4O2/c1-3-20-13-11-12(2)16-14(17-13)15-5-4-6-18-7-9-19-10-8-18/h11H,3-10H2,1-2H3,(H,15,16,17). The largest absolute Gasteiger partial charge is 0.478 e. The zero-order chi connectivity index (χ0) is 14.2. The third-order valence-corrected chi connectivity index (χ3v) is 3.16. The first-order valence-electron chi connectivity index (χ1n) is 7.30. The lowest BCUT2D eigenvalue weighted by atomic mass is 10.3. The predicted molar refractivity (Wildman–Crippen MR) is 78.3 cm³/mol. The van der Waals surface area contributed by atoms with E-state index in [4.69, 9.17) is 9.47 Å². The number of aryl methyl sites for hydroxylation is 1. The number of hydrogen-bond acceptors (Lipinski definition) is 6. The van der Waals surface area contributed by atoms with E-state index >= 15 is 0 Å². The number of ether oxygens (including phenoxy) is 2. The number of nitrogens with one attached hydrogen (secondary N) is 1. The summed E-state index contributed by atoms with van der Waals surface area (Å²) >= 11 is 0. The molecule has 0 unspecified atom stereocenters. The summed E-state index contributed by atoms with van der Waals surface area (Å²) in [6.07, 6.45) is 1.07. The Morgan fingerprint density at radius 2 is 2.15 bits per heavy atom. The van der Waals surface area contributed by atoms with E-state index in [1.165, 1.54) is 0 Å². The SMILES string of the molecule is CCOc1cc(C)nc(NCCCN2CCOCC2)n1. The van der Waals surface area contributed by atoms with Crippen LogP contribution < -0.4 is 10.1 Å². The number of aromatic nitrogens is 2. The van der Waals surface area contributed by atoms with Crippen LogP contribution in [0.4, 0.5) is 5.95 Å². The molecule has 0 saturated carbocycles. The summed E-state index contributed by atoms with van der Waals surface area (Å²) in [7, 11) is 0. The van der Waals surface area contributed by atoms with E-state index in [9.17, 15) is 0 Å². The number of rotatable bonds is 7. The number of anilines is 1. The summed E-state index contributed by atoms with van der Waals surface area (Å²) in [5.74, 6) is 1.28. The van der Waals surface area contributed by atoms with Crippen molar-refractivity contribution in [1.29, 1.82) is 0 Å². The Balaban J connectivity index is 1.72. The van der Waals surface area contributed by atoms with Gasteiger partial charge in [0.25, 0.3) is 0 Å². The van der Waals surface area contributed by atoms with Gasteiger partial charge in [-0.2, -0.15) is 4.98 Å². The molecule has 1 aliphatic heterocycles. The van der Waals surface area contributed by atoms with E-state index in [-0.39, 0.29) is 0 Å². The highest BCUT2D eigenvalue weighted by molar-refractivity contribution is 5.30. The quantitative estimate of drug-likeness (QED) is 0.760. The van der Waals surface area contributed by atoms with Gasteiger partial charge in [0.05, 0.1) is 19.8 Å². The summed E-state index contributed by atoms with van der Waals surface area (Å²) in [6.45, 7) is 10.2. The van der Waals surface area contributed by atoms with E-state index in [1.807, 2.05) is 19.9 Å². The maximum atomic E-state index is 5.42. The van der Waals surface area contributed by atoms with Gasteiger partial charge in [0.2, 0.25) is 11.8 Å². The van der Waals surface area contributed by atoms with E-state index in [0.29, 0.717) is 18.4 Å². The highest BCUT2D eigenvalue weighted by atomic mass is 16.5. The third-order valence-electron chi connectivity index (χ3n) is 3.16. The second-order valence-corrected chi connectivity index (χ2v) is 4.84. The van der Waals surface area contributed by atoms with Gasteiger partial charge >= 0.3 is 0 Å². The van der Waals surface area contributed by atoms with Crippen molar-refractivity contribution >= 4 is 5.95 Å². The van der Waals surface area contributed by atoms with E-state index < -0.39 is 0 Å². The summed E-state index contributed by atoms with van der Waals surface area (Å²) in [5, 5.41) is 3.26. The van der Waals surface area contributed by atoms with Crippen LogP contribution in [0, 0.1) is 6.92 Å². The van der Waals surface area contributed by atoms with Gasteiger partial charge in [-0.3, -0.25) is 4.90 Å². The Morgan fingerprint density at radius 3 is 2.90 bits per heavy atom. The molecule has 0 atom stereocenters. The third kappa shape index (κ3) is 4.94. The van der Waals surface area contributed by atoms with E-state index in [1.54, 1.807) is 0 Å². The van der Waals surface area contributed by atoms with Gasteiger partial charge in [-0.15, -0.1) is 0 Å². The van der Waals surface area contributed by atoms with Crippen molar-refractivity contribution in [1.82, 2.24) is 14.9 Å². The minimum absolute atomic E-state index is 0.618. The van der Waals surface area contributed by atoms with Crippen LogP contribution in [0.3, 0.4) is 0 Å². The van der Waals surface area contributed by atoms with E-state index in [0.717, 1.165) is 51.5 Å². The second kappa shape index (κ2) is 8.01. The Hall–Kier alpha value is -1.40. The van der Waals surface area contributed by atoms with Crippen molar-refractivity contribution in [3.05, 3.63) is 11.8 Å². The lowest BCUT2D eigenvalue weighted by molar-refractivity contribution is 0.0378. The number of morpholine rings is 1. The Bertz CT molecular complexity index is 408. The van der Waals surface area contributed by atoms with Crippen LogP contribution in [-0.4, -0.2) is 60.9 Å². The predicted octanol–water partition coefficient (Wildman–Crippen LogP) is 1.32. The lowest BCUT2D eigenvalue weighted by Gasteiger charge is -2.26. The smallest absolute Gasteiger partial charge is 0.226 e. The molecule has 112 valence electrons. The van der Waals surface area contributed by atoms with Crippen LogP contribution in [0.5, 0.6) is 5.88 Å². The topological polar surface area (TPSA) is 59.5 Å². The first kappa shape index (κ1) is 15.0. The molecule has 0 radical (unpaired) electrons. The maximum Gasteiger partial charge on any atom is 0.226 e. The lowest BCUT2D eigenvalue weighted by Crippen LogP contribution is -2.37. The Kier molecular flexibility index (Phi) is 6.01. The van der Waals surface area contributed by atoms with Crippen LogP contribution in [0.2, 0.25) is 0 Å². The fourth-order valence-electron chi connectivity index (χ4n) is 2.17. The summed E-state index contributed by atoms with van der Waals surface area (Å²) in [5.41, 5.74) is 0.916. The van der Waals surface area contributed by atoms with Crippen LogP contribution in [0.25, 0.3) is 0 Å². The molecule has 6 nitrogen and oxygen atoms in total. The minimum atomic E-state index is 0.618. The molecule has 1 saturated heterocycles. The summed E-state index contributed by atoms with van der Waals surface area (Å²) in [4.78, 5) is 11.1. The van der Waals surface area contributed by atoms with Crippen LogP contribution >= 0.6 is 0 Å². The molecule has 2 rings (SSSR count). The minimum Gasteiger partial charge on any atom is -0.478 e. The van der Waals surface area contributed by atoms with Gasteiger partial charge in [0.1, 0.15) is 0 Å². The highest BCUT2D eigenvalue weighted by Gasteiger charge is 2.09. The van der Waals surface area contributed by atoms with Gasteiger partial charge in [-0.1, -0.05) is 0 Å². The summed E-state index contributed by atoms with van der Waals surface area (Å²) in [6, 6.07) is 1.85. The second-order valence-electron chi connectivity index (χ2n) is 4.84. The number of hydrogen-bond donors (Lipinski definition) is 1. The molecule has 1 fully saturated rings. The highest BCUT2D eigenvalue weighted by Crippen LogP contribution is 2.11. The van der Waals surface area contributed by atoms with Crippen molar-refractivity contribution in [3.8, 4) is 5.88 Å². The summed E-state index contributed by atoms with van der Waals surface area (Å²) < 4.78 is 10.7. The molecule has 0 aromatic carbocycles. The Morgan fingerprint density at radius 1 is 1.35 bits per heavy atom. The normalized spacial score (nSPS) is 16.1. The van der Waals surface area contributed by atoms with Crippen molar-refractivity contribution in [2.75, 3.05) is 51.3 Å². The zero-order valence-electron chi connectivity index (χ0n) is 12.4. The molecule has 20 heavy (non-hydrogen) atoms. The van der Waals surface area contributed by atoms with Gasteiger partial charge in [0.15, 0.2) is 0 Å². The fraction of sp³-hybridized carbons (Fsp3) is 0.714. The Labute approximate surface area is 120 Å². The molecule has 1 aromatic rings. The molecule has 1 aromatic heterocycles. The first-order valence-corrected chi connectivity index (χ1v) is 7.30. The van der Waals surface area contributed by atoms with Crippen molar-refractivity contribution in [3.63, 3.8) is 0 Å². The van der Waals surface area contributed by atoms with Gasteiger partial charge in [0, 0.05) is 31.4 Å². The molecule has 1 N–H and O–H groups in total. The average molecular weight is 280 g/mol. The van der Waals surface area contributed by atoms with Crippen LogP contribution in [0.1, 0.15) is 19.0 Å². The van der Waals surface area contributed by atoms with Crippen molar-refractivity contribution in [2.45, 2.75) is 20.3 Å². The van der Waals surface area contributed by atoms with Gasteiger partial charge < -0.3 is 14.8 Å². The molecule has 2 heterocycles. The van der Waals surface area contributed by atoms with Gasteiger partial charge in [-0.25, -0.2) is 4.98 Å². The molecule has 0 bridgehead atoms. The first-order chi connectivity index (χ1) is 9.78. The van der Waals surface area contributed by atoms with Gasteiger partial charge in [-0.05, 0) is 26.8 Å². The monoisotopic (exact) mass is 280 g/mol. The molecule has 0 aliphatic carbocycles. The zero-order valence-corrected chi connectivity index (χ0v) is 12.4. The molecule has 6 heteroatoms. The van der Waals surface area contributed by atoms with Crippen LogP contribution in [-0.2, 0) is 4.74 Å². The van der Waals surface area contributed by atoms with E-state index in [2.05, 4.69) is 20.2 Å². The maximum absolute atomic E-state index is 5.42. The molecule has 0 amide bonds. The van der Waals surface area contributed by atoms with Crippen molar-refractivity contribution < 1.29 is 9.47 Å². The fourth-order valence-corrected chi connectivity index (χ4v) is 2.17. The molecule has 0 spiro atoms. The molecular weight excluding hydrogens is 256 g/mol. The molecule has 1 aliphatic rings. The number of nitrogens with zero attached hydrogens (tertiary/aromatic N) is 3.